The molecule has 0 aliphatic heterocycles. The molecule has 190 valence electrons. The van der Waals surface area contributed by atoms with Crippen LogP contribution in [0.3, 0.4) is 0 Å². The number of hydrogen-bond acceptors (Lipinski definition) is 4. The van der Waals surface area contributed by atoms with Crippen LogP contribution in [0, 0.1) is 0 Å². The molecule has 0 heterocycles. The molecule has 2 amide bonds. The number of carbonyl (C=O) groups excluding carboxylic acids is 2. The zero-order valence-electron chi connectivity index (χ0n) is 19.9. The van der Waals surface area contributed by atoms with E-state index in [-0.39, 0.29) is 18.5 Å². The lowest BCUT2D eigenvalue weighted by molar-refractivity contribution is -0.139. The van der Waals surface area contributed by atoms with Crippen molar-refractivity contribution in [2.24, 2.45) is 0 Å². The van der Waals surface area contributed by atoms with E-state index in [9.17, 15) is 18.0 Å². The number of amides is 2. The minimum Gasteiger partial charge on any atom is -0.352 e. The van der Waals surface area contributed by atoms with Gasteiger partial charge >= 0.3 is 0 Å². The van der Waals surface area contributed by atoms with Crippen molar-refractivity contribution in [3.63, 3.8) is 0 Å². The number of anilines is 1. The van der Waals surface area contributed by atoms with E-state index in [1.807, 2.05) is 6.07 Å². The summed E-state index contributed by atoms with van der Waals surface area (Å²) in [6.45, 7) is 1.36. The maximum atomic E-state index is 13.6. The predicted octanol–water partition coefficient (Wildman–Crippen LogP) is 4.73. The van der Waals surface area contributed by atoms with E-state index in [4.69, 9.17) is 11.6 Å². The van der Waals surface area contributed by atoms with Crippen molar-refractivity contribution in [1.29, 1.82) is 0 Å². The highest BCUT2D eigenvalue weighted by Gasteiger charge is 2.31. The van der Waals surface area contributed by atoms with Gasteiger partial charge in [-0.1, -0.05) is 58.9 Å². The standard InChI is InChI=1S/C25H31BrClN3O4S/c1-18(25(32)28-22-9-4-3-5-10-22)29(16-19-7-6-8-21(27)15-19)24(31)17-30(35(2,33)34)23-13-11-20(26)12-14-23/h6-8,11-15,18,22H,3-5,9-10,16-17H2,1-2H3,(H,28,32)/t18-/m0/s1. The fraction of sp³-hybridized carbons (Fsp3) is 0.440. The molecule has 0 aromatic heterocycles. The molecule has 1 atom stereocenters. The Balaban J connectivity index is 1.86. The van der Waals surface area contributed by atoms with Gasteiger partial charge in [0, 0.05) is 22.1 Å². The van der Waals surface area contributed by atoms with Crippen LogP contribution >= 0.6 is 27.5 Å². The quantitative estimate of drug-likeness (QED) is 0.462. The maximum Gasteiger partial charge on any atom is 0.244 e. The van der Waals surface area contributed by atoms with E-state index in [0.717, 1.165) is 46.3 Å². The molecule has 1 saturated carbocycles. The van der Waals surface area contributed by atoms with Crippen molar-refractivity contribution in [2.75, 3.05) is 17.1 Å². The molecule has 35 heavy (non-hydrogen) atoms. The van der Waals surface area contributed by atoms with Gasteiger partial charge in [0.05, 0.1) is 11.9 Å². The van der Waals surface area contributed by atoms with Crippen molar-refractivity contribution < 1.29 is 18.0 Å². The van der Waals surface area contributed by atoms with Crippen LogP contribution in [0.2, 0.25) is 5.02 Å². The topological polar surface area (TPSA) is 86.8 Å². The van der Waals surface area contributed by atoms with Gasteiger partial charge in [-0.2, -0.15) is 0 Å². The summed E-state index contributed by atoms with van der Waals surface area (Å²) in [5.74, 6) is -0.730. The number of halogens is 2. The van der Waals surface area contributed by atoms with Crippen LogP contribution in [0.1, 0.15) is 44.6 Å². The van der Waals surface area contributed by atoms with Crippen LogP contribution in [0.15, 0.2) is 53.0 Å². The fourth-order valence-electron chi connectivity index (χ4n) is 4.20. The molecule has 2 aromatic carbocycles. The van der Waals surface area contributed by atoms with E-state index in [1.165, 1.54) is 11.3 Å². The molecule has 0 spiro atoms. The van der Waals surface area contributed by atoms with Crippen molar-refractivity contribution in [3.05, 3.63) is 63.6 Å². The van der Waals surface area contributed by atoms with Crippen molar-refractivity contribution in [1.82, 2.24) is 10.2 Å². The predicted molar refractivity (Wildman–Crippen MR) is 143 cm³/mol. The third-order valence-electron chi connectivity index (χ3n) is 6.15. The van der Waals surface area contributed by atoms with Crippen LogP contribution in [-0.2, 0) is 26.2 Å². The summed E-state index contributed by atoms with van der Waals surface area (Å²) in [4.78, 5) is 28.1. The van der Waals surface area contributed by atoms with Crippen LogP contribution in [-0.4, -0.2) is 50.0 Å². The first kappa shape index (κ1) is 27.5. The lowest BCUT2D eigenvalue weighted by Gasteiger charge is -2.33. The van der Waals surface area contributed by atoms with Crippen molar-refractivity contribution in [2.45, 2.75) is 57.7 Å². The Bertz CT molecular complexity index is 1140. The zero-order chi connectivity index (χ0) is 25.6. The van der Waals surface area contributed by atoms with Gasteiger partial charge in [-0.3, -0.25) is 13.9 Å². The van der Waals surface area contributed by atoms with Gasteiger partial charge in [-0.15, -0.1) is 0 Å². The summed E-state index contributed by atoms with van der Waals surface area (Å²) in [5, 5.41) is 3.59. The van der Waals surface area contributed by atoms with Gasteiger partial charge < -0.3 is 10.2 Å². The molecule has 1 fully saturated rings. The Labute approximate surface area is 221 Å². The Kier molecular flexibility index (Phi) is 9.61. The lowest BCUT2D eigenvalue weighted by atomic mass is 9.95. The number of carbonyl (C=O) groups is 2. The molecular formula is C25H31BrClN3O4S. The highest BCUT2D eigenvalue weighted by molar-refractivity contribution is 9.10. The monoisotopic (exact) mass is 583 g/mol. The molecule has 1 N–H and O–H groups in total. The molecule has 2 aromatic rings. The van der Waals surface area contributed by atoms with E-state index < -0.39 is 28.5 Å². The van der Waals surface area contributed by atoms with E-state index >= 15 is 0 Å². The van der Waals surface area contributed by atoms with Crippen LogP contribution in [0.5, 0.6) is 0 Å². The van der Waals surface area contributed by atoms with Crippen molar-refractivity contribution >= 4 is 55.1 Å². The molecule has 1 aliphatic carbocycles. The molecule has 10 heteroatoms. The SMILES string of the molecule is C[C@@H](C(=O)NC1CCCCC1)N(Cc1cccc(Cl)c1)C(=O)CN(c1ccc(Br)cc1)S(C)(=O)=O. The third-order valence-corrected chi connectivity index (χ3v) is 8.06. The highest BCUT2D eigenvalue weighted by Crippen LogP contribution is 2.23. The van der Waals surface area contributed by atoms with E-state index in [2.05, 4.69) is 21.2 Å². The molecule has 0 bridgehead atoms. The Hall–Kier alpha value is -2.10. The van der Waals surface area contributed by atoms with Gasteiger partial charge in [-0.05, 0) is 61.7 Å². The Morgan fingerprint density at radius 3 is 2.37 bits per heavy atom. The van der Waals surface area contributed by atoms with Crippen LogP contribution in [0.25, 0.3) is 0 Å². The minimum atomic E-state index is -3.76. The first-order valence-corrected chi connectivity index (χ1v) is 14.6. The number of benzene rings is 2. The second-order valence-electron chi connectivity index (χ2n) is 8.92. The largest absolute Gasteiger partial charge is 0.352 e. The number of nitrogens with one attached hydrogen (secondary N) is 1. The third kappa shape index (κ3) is 7.95. The Morgan fingerprint density at radius 2 is 1.77 bits per heavy atom. The molecule has 0 radical (unpaired) electrons. The Morgan fingerprint density at radius 1 is 1.11 bits per heavy atom. The number of hydrogen-bond donors (Lipinski definition) is 1. The van der Waals surface area contributed by atoms with Gasteiger partial charge in [0.25, 0.3) is 0 Å². The van der Waals surface area contributed by atoms with Gasteiger partial charge in [0.1, 0.15) is 12.6 Å². The first-order valence-electron chi connectivity index (χ1n) is 11.6. The normalized spacial score (nSPS) is 15.3. The van der Waals surface area contributed by atoms with Crippen LogP contribution in [0.4, 0.5) is 5.69 Å². The average Bonchev–Trinajstić information content (AvgIpc) is 2.81. The van der Waals surface area contributed by atoms with E-state index in [0.29, 0.717) is 10.7 Å². The van der Waals surface area contributed by atoms with Gasteiger partial charge in [-0.25, -0.2) is 8.42 Å². The van der Waals surface area contributed by atoms with Crippen LogP contribution < -0.4 is 9.62 Å². The summed E-state index contributed by atoms with van der Waals surface area (Å²) in [7, 11) is -3.76. The summed E-state index contributed by atoms with van der Waals surface area (Å²) in [6, 6.07) is 13.0. The lowest BCUT2D eigenvalue weighted by Crippen LogP contribution is -2.52. The smallest absolute Gasteiger partial charge is 0.244 e. The minimum absolute atomic E-state index is 0.0945. The molecule has 7 nitrogen and oxygen atoms in total. The average molecular weight is 585 g/mol. The first-order chi connectivity index (χ1) is 16.5. The van der Waals surface area contributed by atoms with Gasteiger partial charge in [0.15, 0.2) is 0 Å². The second-order valence-corrected chi connectivity index (χ2v) is 12.2. The molecular weight excluding hydrogens is 554 g/mol. The van der Waals surface area contributed by atoms with Crippen molar-refractivity contribution in [3.8, 4) is 0 Å². The molecule has 0 saturated heterocycles. The molecule has 1 aliphatic rings. The zero-order valence-corrected chi connectivity index (χ0v) is 23.1. The summed E-state index contributed by atoms with van der Waals surface area (Å²) in [5.41, 5.74) is 1.11. The van der Waals surface area contributed by atoms with E-state index in [1.54, 1.807) is 49.4 Å². The number of sulfonamides is 1. The summed E-state index contributed by atoms with van der Waals surface area (Å²) < 4.78 is 27.0. The van der Waals surface area contributed by atoms with Gasteiger partial charge in [0.2, 0.25) is 21.8 Å². The maximum absolute atomic E-state index is 13.6. The summed E-state index contributed by atoms with van der Waals surface area (Å²) in [6.07, 6.45) is 6.21. The second kappa shape index (κ2) is 12.2. The molecule has 0 unspecified atom stereocenters. The fourth-order valence-corrected chi connectivity index (χ4v) is 5.53. The number of nitrogens with zero attached hydrogens (tertiary/aromatic N) is 2. The number of rotatable bonds is 9. The highest BCUT2D eigenvalue weighted by atomic mass is 79.9. The molecule has 3 rings (SSSR count). The summed E-state index contributed by atoms with van der Waals surface area (Å²) >= 11 is 9.48.